The van der Waals surface area contributed by atoms with Gasteiger partial charge in [-0.05, 0) is 43.3 Å². The number of amides is 1. The van der Waals surface area contributed by atoms with Gasteiger partial charge in [-0.15, -0.1) is 0 Å². The highest BCUT2D eigenvalue weighted by Gasteiger charge is 2.32. The Balaban J connectivity index is 1.85. The maximum absolute atomic E-state index is 13.4. The molecule has 0 bridgehead atoms. The molecule has 0 atom stereocenters. The van der Waals surface area contributed by atoms with Gasteiger partial charge >= 0.3 is 0 Å². The van der Waals surface area contributed by atoms with Crippen molar-refractivity contribution in [2.45, 2.75) is 6.92 Å². The van der Waals surface area contributed by atoms with Gasteiger partial charge in [-0.1, -0.05) is 48.0 Å². The van der Waals surface area contributed by atoms with E-state index >= 15 is 0 Å². The van der Waals surface area contributed by atoms with Gasteiger partial charge in [0, 0.05) is 11.1 Å². The van der Waals surface area contributed by atoms with Gasteiger partial charge in [0.2, 0.25) is 0 Å². The number of ether oxygens (including phenoxy) is 2. The number of carbonyl (C=O) groups is 1. The summed E-state index contributed by atoms with van der Waals surface area (Å²) in [7, 11) is 3.23. The zero-order chi connectivity index (χ0) is 21.1. The molecule has 0 radical (unpaired) electrons. The van der Waals surface area contributed by atoms with Crippen molar-refractivity contribution in [3.05, 3.63) is 95.2 Å². The molecular formula is C25H22N2O3. The predicted molar refractivity (Wildman–Crippen MR) is 119 cm³/mol. The number of anilines is 1. The molecule has 1 heterocycles. The number of aliphatic imine (C=N–C) groups is 1. The molecule has 0 saturated carbocycles. The van der Waals surface area contributed by atoms with Gasteiger partial charge in [0.25, 0.3) is 5.91 Å². The van der Waals surface area contributed by atoms with E-state index in [1.54, 1.807) is 25.2 Å². The van der Waals surface area contributed by atoms with Crippen LogP contribution >= 0.6 is 0 Å². The Hall–Kier alpha value is -3.86. The summed E-state index contributed by atoms with van der Waals surface area (Å²) >= 11 is 0. The molecule has 150 valence electrons. The first-order valence-electron chi connectivity index (χ1n) is 9.59. The Labute approximate surface area is 175 Å². The van der Waals surface area contributed by atoms with Crippen LogP contribution in [0.3, 0.4) is 0 Å². The van der Waals surface area contributed by atoms with Crippen LogP contribution in [0.15, 0.2) is 83.5 Å². The van der Waals surface area contributed by atoms with Gasteiger partial charge in [0.05, 0.1) is 19.9 Å². The number of rotatable bonds is 5. The summed E-state index contributed by atoms with van der Waals surface area (Å²) < 4.78 is 10.8. The normalized spacial score (nSPS) is 14.8. The number of para-hydroxylation sites is 1. The second-order valence-electron chi connectivity index (χ2n) is 6.92. The molecule has 0 saturated heterocycles. The summed E-state index contributed by atoms with van der Waals surface area (Å²) in [6.07, 6.45) is 1.76. The molecule has 0 N–H and O–H groups in total. The third-order valence-electron chi connectivity index (χ3n) is 4.91. The zero-order valence-electron chi connectivity index (χ0n) is 17.1. The van der Waals surface area contributed by atoms with E-state index in [2.05, 4.69) is 0 Å². The Morgan fingerprint density at radius 2 is 1.67 bits per heavy atom. The SMILES string of the molecule is COc1cccc(C2=N/C(=C\c3ccccc3OC)C(=O)N2c2ccc(C)cc2)c1. The van der Waals surface area contributed by atoms with Crippen molar-refractivity contribution in [1.29, 1.82) is 0 Å². The molecule has 5 nitrogen and oxygen atoms in total. The monoisotopic (exact) mass is 398 g/mol. The minimum absolute atomic E-state index is 0.192. The zero-order valence-corrected chi connectivity index (χ0v) is 17.1. The number of methoxy groups -OCH3 is 2. The molecule has 1 aliphatic rings. The van der Waals surface area contributed by atoms with E-state index in [0.29, 0.717) is 23.0 Å². The van der Waals surface area contributed by atoms with E-state index in [4.69, 9.17) is 14.5 Å². The molecule has 1 aliphatic heterocycles. The molecule has 0 aliphatic carbocycles. The topological polar surface area (TPSA) is 51.1 Å². The van der Waals surface area contributed by atoms with Crippen LogP contribution in [-0.2, 0) is 4.79 Å². The van der Waals surface area contributed by atoms with Gasteiger partial charge in [-0.2, -0.15) is 0 Å². The maximum Gasteiger partial charge on any atom is 0.282 e. The van der Waals surface area contributed by atoms with E-state index in [-0.39, 0.29) is 5.91 Å². The first-order valence-corrected chi connectivity index (χ1v) is 9.59. The largest absolute Gasteiger partial charge is 0.497 e. The number of hydrogen-bond donors (Lipinski definition) is 0. The predicted octanol–water partition coefficient (Wildman–Crippen LogP) is 4.85. The van der Waals surface area contributed by atoms with Gasteiger partial charge in [-0.3, -0.25) is 9.69 Å². The number of benzene rings is 3. The minimum atomic E-state index is -0.192. The molecule has 3 aromatic rings. The third kappa shape index (κ3) is 3.70. The summed E-state index contributed by atoms with van der Waals surface area (Å²) in [5.41, 5.74) is 3.82. The second kappa shape index (κ2) is 8.25. The summed E-state index contributed by atoms with van der Waals surface area (Å²) in [5.74, 6) is 1.75. The number of carbonyl (C=O) groups excluding carboxylic acids is 1. The number of amidine groups is 1. The molecular weight excluding hydrogens is 376 g/mol. The van der Waals surface area contributed by atoms with Gasteiger partial charge in [0.15, 0.2) is 0 Å². The van der Waals surface area contributed by atoms with Crippen molar-refractivity contribution >= 4 is 23.5 Å². The van der Waals surface area contributed by atoms with Gasteiger partial charge in [0.1, 0.15) is 23.0 Å². The smallest absolute Gasteiger partial charge is 0.282 e. The molecule has 0 aromatic heterocycles. The lowest BCUT2D eigenvalue weighted by molar-refractivity contribution is -0.113. The second-order valence-corrected chi connectivity index (χ2v) is 6.92. The van der Waals surface area contributed by atoms with E-state index in [9.17, 15) is 4.79 Å². The minimum Gasteiger partial charge on any atom is -0.497 e. The third-order valence-corrected chi connectivity index (χ3v) is 4.91. The Morgan fingerprint density at radius 3 is 2.40 bits per heavy atom. The standard InChI is InChI=1S/C25H22N2O3/c1-17-11-13-20(14-12-17)27-24(19-8-6-9-21(15-19)29-2)26-22(25(27)28)16-18-7-4-5-10-23(18)30-3/h4-16H,1-3H3/b22-16-. The Kier molecular flexibility index (Phi) is 5.35. The van der Waals surface area contributed by atoms with Crippen molar-refractivity contribution in [2.75, 3.05) is 19.1 Å². The molecule has 30 heavy (non-hydrogen) atoms. The van der Waals surface area contributed by atoms with Crippen LogP contribution in [0.2, 0.25) is 0 Å². The van der Waals surface area contributed by atoms with Crippen LogP contribution < -0.4 is 14.4 Å². The molecule has 3 aromatic carbocycles. The van der Waals surface area contributed by atoms with Gasteiger partial charge < -0.3 is 9.47 Å². The lowest BCUT2D eigenvalue weighted by Crippen LogP contribution is -2.32. The highest BCUT2D eigenvalue weighted by atomic mass is 16.5. The first-order chi connectivity index (χ1) is 14.6. The summed E-state index contributed by atoms with van der Waals surface area (Å²) in [5, 5.41) is 0. The molecule has 4 rings (SSSR count). The number of hydrogen-bond acceptors (Lipinski definition) is 4. The fraction of sp³-hybridized carbons (Fsp3) is 0.120. The van der Waals surface area contributed by atoms with Crippen molar-refractivity contribution in [3.8, 4) is 11.5 Å². The van der Waals surface area contributed by atoms with Crippen molar-refractivity contribution in [1.82, 2.24) is 0 Å². The number of aryl methyl sites for hydroxylation is 1. The molecule has 0 fully saturated rings. The molecule has 1 amide bonds. The first kappa shape index (κ1) is 19.5. The fourth-order valence-electron chi connectivity index (χ4n) is 3.34. The maximum atomic E-state index is 13.4. The highest BCUT2D eigenvalue weighted by molar-refractivity contribution is 6.33. The quantitative estimate of drug-likeness (QED) is 0.578. The summed E-state index contributed by atoms with van der Waals surface area (Å²) in [6, 6.07) is 22.9. The molecule has 0 spiro atoms. The van der Waals surface area contributed by atoms with E-state index in [0.717, 1.165) is 22.4 Å². The fourth-order valence-corrected chi connectivity index (χ4v) is 3.34. The van der Waals surface area contributed by atoms with Crippen molar-refractivity contribution in [3.63, 3.8) is 0 Å². The number of nitrogens with zero attached hydrogens (tertiary/aromatic N) is 2. The summed E-state index contributed by atoms with van der Waals surface area (Å²) in [6.45, 7) is 2.01. The van der Waals surface area contributed by atoms with Crippen LogP contribution in [0.1, 0.15) is 16.7 Å². The Bertz CT molecular complexity index is 1150. The van der Waals surface area contributed by atoms with E-state index in [1.807, 2.05) is 79.7 Å². The average molecular weight is 398 g/mol. The van der Waals surface area contributed by atoms with Crippen molar-refractivity contribution in [2.24, 2.45) is 4.99 Å². The van der Waals surface area contributed by atoms with Crippen LogP contribution in [0, 0.1) is 6.92 Å². The van der Waals surface area contributed by atoms with E-state index in [1.165, 1.54) is 0 Å². The van der Waals surface area contributed by atoms with E-state index < -0.39 is 0 Å². The molecule has 0 unspecified atom stereocenters. The van der Waals surface area contributed by atoms with Crippen LogP contribution in [0.5, 0.6) is 11.5 Å². The Morgan fingerprint density at radius 1 is 0.900 bits per heavy atom. The van der Waals surface area contributed by atoms with Crippen molar-refractivity contribution < 1.29 is 14.3 Å². The van der Waals surface area contributed by atoms with Gasteiger partial charge in [-0.25, -0.2) is 4.99 Å². The summed E-state index contributed by atoms with van der Waals surface area (Å²) in [4.78, 5) is 19.7. The lowest BCUT2D eigenvalue weighted by Gasteiger charge is -2.19. The van der Waals surface area contributed by atoms with Crippen LogP contribution in [0.25, 0.3) is 6.08 Å². The average Bonchev–Trinajstić information content (AvgIpc) is 3.11. The highest BCUT2D eigenvalue weighted by Crippen LogP contribution is 2.30. The van der Waals surface area contributed by atoms with Crippen LogP contribution in [-0.4, -0.2) is 26.0 Å². The lowest BCUT2D eigenvalue weighted by atomic mass is 10.1. The van der Waals surface area contributed by atoms with Crippen LogP contribution in [0.4, 0.5) is 5.69 Å². The molecule has 5 heteroatoms.